The van der Waals surface area contributed by atoms with Gasteiger partial charge in [0.2, 0.25) is 5.16 Å². The first-order valence-electron chi connectivity index (χ1n) is 9.09. The van der Waals surface area contributed by atoms with Crippen LogP contribution in [-0.2, 0) is 12.4 Å². The highest BCUT2D eigenvalue weighted by molar-refractivity contribution is 7.98. The Morgan fingerprint density at radius 2 is 1.86 bits per heavy atom. The molecule has 152 valence electrons. The van der Waals surface area contributed by atoms with E-state index in [4.69, 9.17) is 10.6 Å². The third-order valence-corrected chi connectivity index (χ3v) is 5.71. The zero-order chi connectivity index (χ0) is 21.1. The Hall–Kier alpha value is -2.87. The van der Waals surface area contributed by atoms with Crippen molar-refractivity contribution in [2.75, 3.05) is 5.84 Å². The van der Waals surface area contributed by atoms with E-state index in [1.807, 2.05) is 26.8 Å². The molecule has 2 aromatic carbocycles. The minimum Gasteiger partial charge on any atom is -0.486 e. The number of halogens is 1. The summed E-state index contributed by atoms with van der Waals surface area (Å²) >= 11 is 1.45. The van der Waals surface area contributed by atoms with Gasteiger partial charge >= 0.3 is 0 Å². The van der Waals surface area contributed by atoms with Gasteiger partial charge in [-0.1, -0.05) is 17.8 Å². The monoisotopic (exact) mass is 414 g/mol. The lowest BCUT2D eigenvalue weighted by molar-refractivity contribution is 0.101. The van der Waals surface area contributed by atoms with Crippen LogP contribution in [-0.4, -0.2) is 20.7 Å². The molecule has 0 unspecified atom stereocenters. The number of ether oxygens (including phenoxy) is 1. The molecule has 0 saturated carbocycles. The zero-order valence-corrected chi connectivity index (χ0v) is 17.6. The van der Waals surface area contributed by atoms with Crippen molar-refractivity contribution in [1.82, 2.24) is 14.9 Å². The molecule has 2 N–H and O–H groups in total. The maximum absolute atomic E-state index is 13.0. The Bertz CT molecular complexity index is 1050. The number of rotatable bonds is 7. The Kier molecular flexibility index (Phi) is 6.22. The van der Waals surface area contributed by atoms with Gasteiger partial charge in [0.25, 0.3) is 0 Å². The first kappa shape index (κ1) is 20.9. The lowest BCUT2D eigenvalue weighted by Crippen LogP contribution is -2.16. The quantitative estimate of drug-likeness (QED) is 0.356. The van der Waals surface area contributed by atoms with Crippen LogP contribution in [0, 0.1) is 26.6 Å². The number of nitrogens with two attached hydrogens (primary N) is 1. The molecule has 0 amide bonds. The van der Waals surface area contributed by atoms with Gasteiger partial charge in [0, 0.05) is 11.3 Å². The average molecular weight is 415 g/mol. The van der Waals surface area contributed by atoms with Gasteiger partial charge in [0.15, 0.2) is 11.6 Å². The van der Waals surface area contributed by atoms with Crippen molar-refractivity contribution in [3.8, 4) is 5.75 Å². The van der Waals surface area contributed by atoms with Gasteiger partial charge in [-0.15, -0.1) is 10.2 Å². The predicted octanol–water partition coefficient (Wildman–Crippen LogP) is 4.13. The van der Waals surface area contributed by atoms with Crippen molar-refractivity contribution in [2.45, 2.75) is 45.2 Å². The van der Waals surface area contributed by atoms with Crippen molar-refractivity contribution >= 4 is 17.5 Å². The number of aromatic nitrogens is 3. The number of carbonyl (C=O) groups excluding carboxylic acids is 1. The van der Waals surface area contributed by atoms with Crippen LogP contribution in [0.3, 0.4) is 0 Å². The normalized spacial score (nSPS) is 10.9. The summed E-state index contributed by atoms with van der Waals surface area (Å²) in [6.07, 6.45) is 0. The summed E-state index contributed by atoms with van der Waals surface area (Å²) in [6, 6.07) is 7.76. The molecule has 1 aromatic heterocycles. The van der Waals surface area contributed by atoms with Crippen molar-refractivity contribution < 1.29 is 13.9 Å². The van der Waals surface area contributed by atoms with E-state index in [2.05, 4.69) is 10.2 Å². The van der Waals surface area contributed by atoms with Crippen molar-refractivity contribution in [3.05, 3.63) is 69.8 Å². The fourth-order valence-corrected chi connectivity index (χ4v) is 4.37. The van der Waals surface area contributed by atoms with Crippen LogP contribution in [0.2, 0.25) is 0 Å². The molecule has 6 nitrogen and oxygen atoms in total. The first-order chi connectivity index (χ1) is 13.8. The SMILES string of the molecule is CC(=O)c1c(C)cc(C)c(CSc2nnc(COc3ccc(F)cc3)n2N)c1C. The Labute approximate surface area is 173 Å². The molecule has 0 saturated heterocycles. The highest BCUT2D eigenvalue weighted by Gasteiger charge is 2.16. The summed E-state index contributed by atoms with van der Waals surface area (Å²) in [5.74, 6) is 7.44. The van der Waals surface area contributed by atoms with Crippen LogP contribution in [0.5, 0.6) is 5.75 Å². The highest BCUT2D eigenvalue weighted by atomic mass is 32.2. The molecule has 0 aliphatic carbocycles. The molecule has 0 aliphatic heterocycles. The number of thioether (sulfide) groups is 1. The second-order valence-electron chi connectivity index (χ2n) is 6.85. The standard InChI is InChI=1S/C21H23FN4O2S/c1-12-9-13(2)20(15(4)27)14(3)18(12)11-29-21-25-24-19(26(21)23)10-28-17-7-5-16(22)6-8-17/h5-9H,10-11,23H2,1-4H3. The molecule has 29 heavy (non-hydrogen) atoms. The summed E-state index contributed by atoms with van der Waals surface area (Å²) in [5.41, 5.74) is 4.97. The van der Waals surface area contributed by atoms with E-state index < -0.39 is 0 Å². The second kappa shape index (κ2) is 8.65. The van der Waals surface area contributed by atoms with Crippen molar-refractivity contribution in [2.24, 2.45) is 0 Å². The molecule has 0 radical (unpaired) electrons. The van der Waals surface area contributed by atoms with E-state index in [9.17, 15) is 9.18 Å². The van der Waals surface area contributed by atoms with Crippen molar-refractivity contribution in [3.63, 3.8) is 0 Å². The molecule has 0 fully saturated rings. The van der Waals surface area contributed by atoms with Gasteiger partial charge in [-0.2, -0.15) is 0 Å². The van der Waals surface area contributed by atoms with E-state index in [0.717, 1.165) is 27.8 Å². The number of nitrogen functional groups attached to an aromatic ring is 1. The fraction of sp³-hybridized carbons (Fsp3) is 0.286. The number of Topliss-reactive ketones (excluding diaryl/α,β-unsaturated/α-hetero) is 1. The number of ketones is 1. The Morgan fingerprint density at radius 1 is 1.17 bits per heavy atom. The molecule has 0 spiro atoms. The van der Waals surface area contributed by atoms with Gasteiger partial charge in [-0.25, -0.2) is 9.07 Å². The third kappa shape index (κ3) is 4.59. The second-order valence-corrected chi connectivity index (χ2v) is 7.79. The van der Waals surface area contributed by atoms with Crippen LogP contribution < -0.4 is 10.6 Å². The summed E-state index contributed by atoms with van der Waals surface area (Å²) in [6.45, 7) is 7.67. The van der Waals surface area contributed by atoms with E-state index >= 15 is 0 Å². The maximum Gasteiger partial charge on any atom is 0.210 e. The van der Waals surface area contributed by atoms with E-state index in [-0.39, 0.29) is 18.2 Å². The fourth-order valence-electron chi connectivity index (χ4n) is 3.31. The van der Waals surface area contributed by atoms with E-state index in [1.165, 1.54) is 40.7 Å². The number of nitrogens with zero attached hydrogens (tertiary/aromatic N) is 3. The molecular weight excluding hydrogens is 391 g/mol. The van der Waals surface area contributed by atoms with E-state index in [0.29, 0.717) is 22.5 Å². The van der Waals surface area contributed by atoms with Gasteiger partial charge in [-0.05, 0) is 74.2 Å². The number of benzene rings is 2. The van der Waals surface area contributed by atoms with E-state index in [1.54, 1.807) is 6.92 Å². The van der Waals surface area contributed by atoms with Gasteiger partial charge in [0.05, 0.1) is 0 Å². The van der Waals surface area contributed by atoms with Gasteiger partial charge < -0.3 is 10.6 Å². The van der Waals surface area contributed by atoms with Crippen LogP contribution in [0.15, 0.2) is 35.5 Å². The Morgan fingerprint density at radius 3 is 2.52 bits per heavy atom. The molecule has 1 heterocycles. The molecule has 0 atom stereocenters. The first-order valence-corrected chi connectivity index (χ1v) is 10.1. The number of aryl methyl sites for hydroxylation is 2. The molecule has 8 heteroatoms. The summed E-state index contributed by atoms with van der Waals surface area (Å²) in [7, 11) is 0. The zero-order valence-electron chi connectivity index (χ0n) is 16.8. The van der Waals surface area contributed by atoms with Gasteiger partial charge in [-0.3, -0.25) is 4.79 Å². The summed E-state index contributed by atoms with van der Waals surface area (Å²) < 4.78 is 19.9. The molecule has 0 bridgehead atoms. The van der Waals surface area contributed by atoms with Crippen LogP contribution in [0.4, 0.5) is 4.39 Å². The maximum atomic E-state index is 13.0. The number of hydrogen-bond donors (Lipinski definition) is 1. The third-order valence-electron chi connectivity index (χ3n) is 4.75. The number of hydrogen-bond acceptors (Lipinski definition) is 6. The predicted molar refractivity (Wildman–Crippen MR) is 111 cm³/mol. The molecular formula is C21H23FN4O2S. The van der Waals surface area contributed by atoms with Crippen LogP contribution in [0.1, 0.15) is 45.4 Å². The lowest BCUT2D eigenvalue weighted by atomic mass is 9.92. The van der Waals surface area contributed by atoms with Crippen molar-refractivity contribution in [1.29, 1.82) is 0 Å². The average Bonchev–Trinajstić information content (AvgIpc) is 3.00. The summed E-state index contributed by atoms with van der Waals surface area (Å²) in [4.78, 5) is 12.0. The number of carbonyl (C=O) groups is 1. The van der Waals surface area contributed by atoms with Crippen LogP contribution >= 0.6 is 11.8 Å². The molecule has 3 rings (SSSR count). The molecule has 0 aliphatic rings. The topological polar surface area (TPSA) is 83.0 Å². The van der Waals surface area contributed by atoms with Crippen LogP contribution in [0.25, 0.3) is 0 Å². The Balaban J connectivity index is 1.72. The smallest absolute Gasteiger partial charge is 0.210 e. The summed E-state index contributed by atoms with van der Waals surface area (Å²) in [5, 5.41) is 8.76. The minimum atomic E-state index is -0.326. The lowest BCUT2D eigenvalue weighted by Gasteiger charge is -2.15. The highest BCUT2D eigenvalue weighted by Crippen LogP contribution is 2.29. The largest absolute Gasteiger partial charge is 0.486 e. The van der Waals surface area contributed by atoms with Gasteiger partial charge in [0.1, 0.15) is 18.2 Å². The minimum absolute atomic E-state index is 0.0634. The molecule has 3 aromatic rings.